The molecule has 0 aliphatic rings. The number of aliphatic imine (C=N–C) groups is 1. The summed E-state index contributed by atoms with van der Waals surface area (Å²) in [5, 5.41) is 3.05. The number of hydrogen-bond donors (Lipinski definition) is 2. The van der Waals surface area contributed by atoms with Gasteiger partial charge in [0, 0.05) is 29.6 Å². The molecule has 0 aliphatic carbocycles. The van der Waals surface area contributed by atoms with Crippen LogP contribution in [0.2, 0.25) is 0 Å². The second kappa shape index (κ2) is 10.2. The first kappa shape index (κ1) is 20.3. The zero-order valence-corrected chi connectivity index (χ0v) is 18.1. The van der Waals surface area contributed by atoms with Crippen LogP contribution in [-0.2, 0) is 6.42 Å². The Balaban J connectivity index is 0.00000264. The molecule has 0 unspecified atom stereocenters. The van der Waals surface area contributed by atoms with Crippen molar-refractivity contribution >= 4 is 69.6 Å². The summed E-state index contributed by atoms with van der Waals surface area (Å²) in [4.78, 5) is 5.65. The Morgan fingerprint density at radius 2 is 1.96 bits per heavy atom. The fraction of sp³-hybridized carbons (Fsp3) is 0.267. The van der Waals surface area contributed by atoms with Crippen LogP contribution in [0.4, 0.5) is 5.69 Å². The summed E-state index contributed by atoms with van der Waals surface area (Å²) < 4.78 is 11.7. The van der Waals surface area contributed by atoms with Crippen molar-refractivity contribution < 1.29 is 9.47 Å². The highest BCUT2D eigenvalue weighted by Crippen LogP contribution is 2.29. The van der Waals surface area contributed by atoms with Gasteiger partial charge in [-0.25, -0.2) is 0 Å². The molecule has 3 N–H and O–H groups in total. The molecule has 0 saturated carbocycles. The molecular formula is C15H19I2N3O2S. The molecule has 0 bridgehead atoms. The van der Waals surface area contributed by atoms with Crippen LogP contribution in [0.25, 0.3) is 0 Å². The third-order valence-electron chi connectivity index (χ3n) is 2.93. The average molecular weight is 559 g/mol. The Morgan fingerprint density at radius 3 is 2.57 bits per heavy atom. The normalized spacial score (nSPS) is 10.8. The molecule has 0 saturated heterocycles. The van der Waals surface area contributed by atoms with Crippen molar-refractivity contribution in [1.82, 2.24) is 0 Å². The van der Waals surface area contributed by atoms with E-state index >= 15 is 0 Å². The van der Waals surface area contributed by atoms with Gasteiger partial charge in [-0.3, -0.25) is 4.99 Å². The third-order valence-corrected chi connectivity index (χ3v) is 4.88. The molecule has 2 rings (SSSR count). The molecule has 5 nitrogen and oxygen atoms in total. The van der Waals surface area contributed by atoms with Gasteiger partial charge in [0.25, 0.3) is 0 Å². The van der Waals surface area contributed by atoms with Gasteiger partial charge in [-0.2, -0.15) is 0 Å². The van der Waals surface area contributed by atoms with E-state index in [1.165, 1.54) is 7.76 Å². The van der Waals surface area contributed by atoms with E-state index in [4.69, 9.17) is 15.2 Å². The number of thiophene rings is 1. The van der Waals surface area contributed by atoms with Crippen molar-refractivity contribution in [1.29, 1.82) is 0 Å². The van der Waals surface area contributed by atoms with E-state index in [0.717, 1.165) is 12.1 Å². The number of methoxy groups -OCH3 is 2. The second-order valence-electron chi connectivity index (χ2n) is 4.42. The maximum absolute atomic E-state index is 5.91. The summed E-state index contributed by atoms with van der Waals surface area (Å²) in [6.45, 7) is 0.655. The number of guanidine groups is 1. The fourth-order valence-electron chi connectivity index (χ4n) is 1.87. The molecule has 1 heterocycles. The molecule has 0 atom stereocenters. The lowest BCUT2D eigenvalue weighted by Gasteiger charge is -2.10. The Labute approximate surface area is 170 Å². The Bertz CT molecular complexity index is 662. The number of nitrogens with zero attached hydrogens (tertiary/aromatic N) is 1. The minimum Gasteiger partial charge on any atom is -0.493 e. The lowest BCUT2D eigenvalue weighted by Crippen LogP contribution is -2.23. The van der Waals surface area contributed by atoms with E-state index in [1.54, 1.807) is 25.6 Å². The van der Waals surface area contributed by atoms with Crippen molar-refractivity contribution in [3.05, 3.63) is 38.1 Å². The Hall–Kier alpha value is -0.750. The summed E-state index contributed by atoms with van der Waals surface area (Å²) in [6, 6.07) is 9.74. The minimum absolute atomic E-state index is 0. The number of halogens is 2. The van der Waals surface area contributed by atoms with Crippen molar-refractivity contribution in [2.45, 2.75) is 6.42 Å². The van der Waals surface area contributed by atoms with Crippen LogP contribution < -0.4 is 20.5 Å². The van der Waals surface area contributed by atoms with Crippen LogP contribution in [0.3, 0.4) is 0 Å². The Morgan fingerprint density at radius 1 is 1.22 bits per heavy atom. The van der Waals surface area contributed by atoms with Crippen LogP contribution in [-0.4, -0.2) is 26.7 Å². The zero-order chi connectivity index (χ0) is 15.9. The van der Waals surface area contributed by atoms with Crippen molar-refractivity contribution in [3.8, 4) is 11.5 Å². The van der Waals surface area contributed by atoms with Crippen molar-refractivity contribution in [3.63, 3.8) is 0 Å². The number of nitrogens with one attached hydrogen (secondary N) is 1. The monoisotopic (exact) mass is 559 g/mol. The molecule has 0 aliphatic heterocycles. The first-order valence-corrected chi connectivity index (χ1v) is 8.55. The molecule has 23 heavy (non-hydrogen) atoms. The van der Waals surface area contributed by atoms with Crippen LogP contribution in [0.5, 0.6) is 11.5 Å². The van der Waals surface area contributed by atoms with Gasteiger partial charge >= 0.3 is 0 Å². The summed E-state index contributed by atoms with van der Waals surface area (Å²) in [6.07, 6.45) is 0.891. The molecule has 1 aromatic heterocycles. The quantitative estimate of drug-likeness (QED) is 0.320. The molecule has 126 valence electrons. The van der Waals surface area contributed by atoms with Gasteiger partial charge in [-0.15, -0.1) is 35.3 Å². The predicted molar refractivity (Wildman–Crippen MR) is 116 cm³/mol. The minimum atomic E-state index is 0. The number of hydrogen-bond acceptors (Lipinski definition) is 4. The SMILES string of the molecule is COc1ccc(NC(N)=NCCc2ccc(I)s2)cc1OC.I. The molecule has 0 fully saturated rings. The summed E-state index contributed by atoms with van der Waals surface area (Å²) in [5.74, 6) is 1.71. The second-order valence-corrected chi connectivity index (χ2v) is 7.48. The van der Waals surface area contributed by atoms with Crippen molar-refractivity contribution in [2.75, 3.05) is 26.1 Å². The van der Waals surface area contributed by atoms with E-state index in [0.29, 0.717) is 24.0 Å². The largest absolute Gasteiger partial charge is 0.493 e. The molecule has 2 aromatic rings. The van der Waals surface area contributed by atoms with Gasteiger partial charge in [0.2, 0.25) is 0 Å². The van der Waals surface area contributed by atoms with Gasteiger partial charge in [0.1, 0.15) is 0 Å². The zero-order valence-electron chi connectivity index (χ0n) is 12.8. The Kier molecular flexibility index (Phi) is 8.99. The molecule has 1 aromatic carbocycles. The average Bonchev–Trinajstić information content (AvgIpc) is 2.92. The number of anilines is 1. The van der Waals surface area contributed by atoms with Gasteiger partial charge in [-0.05, 0) is 46.9 Å². The van der Waals surface area contributed by atoms with Gasteiger partial charge in [0.05, 0.1) is 17.1 Å². The predicted octanol–water partition coefficient (Wildman–Crippen LogP) is 3.96. The summed E-state index contributed by atoms with van der Waals surface area (Å²) >= 11 is 4.09. The third kappa shape index (κ3) is 6.34. The maximum atomic E-state index is 5.91. The standard InChI is InChI=1S/C15H18IN3O2S.HI/c1-20-12-5-3-10(9-13(12)21-2)19-15(17)18-8-7-11-4-6-14(16)22-11;/h3-6,9H,7-8H2,1-2H3,(H3,17,18,19);1H. The summed E-state index contributed by atoms with van der Waals surface area (Å²) in [7, 11) is 3.20. The number of nitrogens with two attached hydrogens (primary N) is 1. The topological polar surface area (TPSA) is 68.9 Å². The highest BCUT2D eigenvalue weighted by atomic mass is 127. The van der Waals surface area contributed by atoms with Gasteiger partial charge in [0.15, 0.2) is 17.5 Å². The number of benzene rings is 1. The fourth-order valence-corrected chi connectivity index (χ4v) is 3.62. The highest BCUT2D eigenvalue weighted by Gasteiger charge is 2.05. The summed E-state index contributed by atoms with van der Waals surface area (Å²) in [5.41, 5.74) is 6.72. The molecule has 0 radical (unpaired) electrons. The van der Waals surface area contributed by atoms with Crippen LogP contribution in [0.15, 0.2) is 35.3 Å². The molecule has 0 spiro atoms. The molecule has 8 heteroatoms. The lowest BCUT2D eigenvalue weighted by atomic mass is 10.3. The van der Waals surface area contributed by atoms with Crippen LogP contribution in [0.1, 0.15) is 4.88 Å². The molecular weight excluding hydrogens is 540 g/mol. The van der Waals surface area contributed by atoms with E-state index in [1.807, 2.05) is 18.2 Å². The van der Waals surface area contributed by atoms with Crippen LogP contribution >= 0.6 is 57.9 Å². The first-order chi connectivity index (χ1) is 10.6. The number of rotatable bonds is 6. The van der Waals surface area contributed by atoms with E-state index < -0.39 is 0 Å². The van der Waals surface area contributed by atoms with Gasteiger partial charge in [-0.1, -0.05) is 0 Å². The van der Waals surface area contributed by atoms with E-state index in [2.05, 4.69) is 45.0 Å². The number of ether oxygens (including phenoxy) is 2. The highest BCUT2D eigenvalue weighted by molar-refractivity contribution is 14.1. The maximum Gasteiger partial charge on any atom is 0.193 e. The smallest absolute Gasteiger partial charge is 0.193 e. The first-order valence-electron chi connectivity index (χ1n) is 6.65. The van der Waals surface area contributed by atoms with Gasteiger partial charge < -0.3 is 20.5 Å². The van der Waals surface area contributed by atoms with E-state index in [9.17, 15) is 0 Å². The molecule has 0 amide bonds. The van der Waals surface area contributed by atoms with Crippen molar-refractivity contribution in [2.24, 2.45) is 10.7 Å². The van der Waals surface area contributed by atoms with Crippen LogP contribution in [0, 0.1) is 2.88 Å². The lowest BCUT2D eigenvalue weighted by molar-refractivity contribution is 0.355. The van der Waals surface area contributed by atoms with E-state index in [-0.39, 0.29) is 24.0 Å².